The number of carbonyl (C=O) groups is 1. The van der Waals surface area contributed by atoms with E-state index in [0.717, 1.165) is 0 Å². The fraction of sp³-hybridized carbons (Fsp3) is 0.0909. The molecule has 0 saturated heterocycles. The molecule has 0 saturated carbocycles. The lowest BCUT2D eigenvalue weighted by Gasteiger charge is -1.99. The maximum absolute atomic E-state index is 12.9. The van der Waals surface area contributed by atoms with Gasteiger partial charge in [-0.25, -0.2) is 4.39 Å². The summed E-state index contributed by atoms with van der Waals surface area (Å²) in [6.07, 6.45) is 3.05. The van der Waals surface area contributed by atoms with Crippen molar-refractivity contribution in [2.24, 2.45) is 7.05 Å². The third-order valence-electron chi connectivity index (χ3n) is 2.15. The van der Waals surface area contributed by atoms with Crippen LogP contribution in [0, 0.1) is 5.82 Å². The molecule has 1 heterocycles. The SMILES string of the molecule is Cn1cc(C(=O)c2ccc(F)c(Cl)c2)cn1. The van der Waals surface area contributed by atoms with Crippen LogP contribution in [0.1, 0.15) is 15.9 Å². The van der Waals surface area contributed by atoms with Gasteiger partial charge >= 0.3 is 0 Å². The number of carbonyl (C=O) groups excluding carboxylic acids is 1. The molecule has 0 radical (unpaired) electrons. The van der Waals surface area contributed by atoms with Gasteiger partial charge in [-0.05, 0) is 18.2 Å². The molecule has 16 heavy (non-hydrogen) atoms. The van der Waals surface area contributed by atoms with Crippen molar-refractivity contribution < 1.29 is 9.18 Å². The zero-order valence-electron chi connectivity index (χ0n) is 8.45. The summed E-state index contributed by atoms with van der Waals surface area (Å²) in [5.41, 5.74) is 0.796. The zero-order valence-corrected chi connectivity index (χ0v) is 9.20. The number of benzene rings is 1. The van der Waals surface area contributed by atoms with Crippen molar-refractivity contribution in [3.05, 3.63) is 52.6 Å². The number of ketones is 1. The molecule has 0 aliphatic heterocycles. The minimum atomic E-state index is -0.538. The molecule has 0 amide bonds. The van der Waals surface area contributed by atoms with Crippen molar-refractivity contribution in [1.29, 1.82) is 0 Å². The zero-order chi connectivity index (χ0) is 11.7. The molecule has 0 bridgehead atoms. The second kappa shape index (κ2) is 4.06. The van der Waals surface area contributed by atoms with Gasteiger partial charge in [0, 0.05) is 18.8 Å². The highest BCUT2D eigenvalue weighted by molar-refractivity contribution is 6.31. The molecule has 2 aromatic rings. The van der Waals surface area contributed by atoms with Crippen molar-refractivity contribution >= 4 is 17.4 Å². The lowest BCUT2D eigenvalue weighted by Crippen LogP contribution is -2.00. The van der Waals surface area contributed by atoms with E-state index in [1.165, 1.54) is 29.1 Å². The Labute approximate surface area is 96.5 Å². The molecule has 2 rings (SSSR count). The Kier molecular flexibility index (Phi) is 2.75. The van der Waals surface area contributed by atoms with Crippen LogP contribution in [-0.4, -0.2) is 15.6 Å². The van der Waals surface area contributed by atoms with Gasteiger partial charge in [-0.2, -0.15) is 5.10 Å². The molecule has 0 unspecified atom stereocenters. The van der Waals surface area contributed by atoms with E-state index < -0.39 is 5.82 Å². The molecule has 0 spiro atoms. The van der Waals surface area contributed by atoms with Gasteiger partial charge in [0.1, 0.15) is 5.82 Å². The van der Waals surface area contributed by atoms with Crippen LogP contribution >= 0.6 is 11.6 Å². The Morgan fingerprint density at radius 1 is 1.44 bits per heavy atom. The number of nitrogens with zero attached hydrogens (tertiary/aromatic N) is 2. The van der Waals surface area contributed by atoms with Gasteiger partial charge in [0.2, 0.25) is 0 Å². The predicted molar refractivity (Wildman–Crippen MR) is 58.1 cm³/mol. The predicted octanol–water partition coefficient (Wildman–Crippen LogP) is 2.44. The third-order valence-corrected chi connectivity index (χ3v) is 2.44. The standard InChI is InChI=1S/C11H8ClFN2O/c1-15-6-8(5-14-15)11(16)7-2-3-10(13)9(12)4-7/h2-6H,1H3. The smallest absolute Gasteiger partial charge is 0.196 e. The van der Waals surface area contributed by atoms with E-state index in [-0.39, 0.29) is 10.8 Å². The fourth-order valence-corrected chi connectivity index (χ4v) is 1.52. The number of aromatic nitrogens is 2. The molecule has 0 aliphatic rings. The highest BCUT2D eigenvalue weighted by Crippen LogP contribution is 2.18. The lowest BCUT2D eigenvalue weighted by molar-refractivity contribution is 0.103. The van der Waals surface area contributed by atoms with E-state index in [2.05, 4.69) is 5.10 Å². The molecule has 0 fully saturated rings. The summed E-state index contributed by atoms with van der Waals surface area (Å²) in [5.74, 6) is -0.764. The van der Waals surface area contributed by atoms with Crippen molar-refractivity contribution in [2.45, 2.75) is 0 Å². The van der Waals surface area contributed by atoms with E-state index >= 15 is 0 Å². The quantitative estimate of drug-likeness (QED) is 0.754. The molecule has 3 nitrogen and oxygen atoms in total. The van der Waals surface area contributed by atoms with Crippen LogP contribution < -0.4 is 0 Å². The van der Waals surface area contributed by atoms with Crippen LogP contribution in [0.3, 0.4) is 0 Å². The van der Waals surface area contributed by atoms with Crippen LogP contribution in [0.4, 0.5) is 4.39 Å². The number of hydrogen-bond donors (Lipinski definition) is 0. The number of halogens is 2. The normalized spacial score (nSPS) is 10.4. The first-order valence-electron chi connectivity index (χ1n) is 4.56. The molecule has 82 valence electrons. The average molecular weight is 239 g/mol. The van der Waals surface area contributed by atoms with Crippen molar-refractivity contribution in [3.8, 4) is 0 Å². The van der Waals surface area contributed by atoms with E-state index in [9.17, 15) is 9.18 Å². The summed E-state index contributed by atoms with van der Waals surface area (Å²) >= 11 is 5.60. The maximum atomic E-state index is 12.9. The highest BCUT2D eigenvalue weighted by Gasteiger charge is 2.12. The average Bonchev–Trinajstić information content (AvgIpc) is 2.68. The van der Waals surface area contributed by atoms with Crippen LogP contribution in [0.5, 0.6) is 0 Å². The Hall–Kier alpha value is -1.68. The summed E-state index contributed by atoms with van der Waals surface area (Å²) in [4.78, 5) is 11.9. The minimum Gasteiger partial charge on any atom is -0.288 e. The first-order chi connectivity index (χ1) is 7.58. The van der Waals surface area contributed by atoms with Gasteiger partial charge in [0.05, 0.1) is 16.8 Å². The molecular weight excluding hydrogens is 231 g/mol. The Balaban J connectivity index is 2.38. The monoisotopic (exact) mass is 238 g/mol. The number of aryl methyl sites for hydroxylation is 1. The number of hydrogen-bond acceptors (Lipinski definition) is 2. The number of rotatable bonds is 2. The molecule has 5 heteroatoms. The van der Waals surface area contributed by atoms with Crippen molar-refractivity contribution in [1.82, 2.24) is 9.78 Å². The summed E-state index contributed by atoms with van der Waals surface area (Å²) in [7, 11) is 1.72. The van der Waals surface area contributed by atoms with Gasteiger partial charge in [-0.15, -0.1) is 0 Å². The van der Waals surface area contributed by atoms with E-state index in [1.54, 1.807) is 13.2 Å². The summed E-state index contributed by atoms with van der Waals surface area (Å²) in [5, 5.41) is 3.83. The summed E-state index contributed by atoms with van der Waals surface area (Å²) in [6.45, 7) is 0. The van der Waals surface area contributed by atoms with Gasteiger partial charge in [-0.1, -0.05) is 11.6 Å². The van der Waals surface area contributed by atoms with E-state index in [1.807, 2.05) is 0 Å². The van der Waals surface area contributed by atoms with Gasteiger partial charge < -0.3 is 0 Å². The largest absolute Gasteiger partial charge is 0.288 e. The Bertz CT molecular complexity index is 551. The maximum Gasteiger partial charge on any atom is 0.196 e. The minimum absolute atomic E-state index is 0.0604. The van der Waals surface area contributed by atoms with Crippen molar-refractivity contribution in [3.63, 3.8) is 0 Å². The van der Waals surface area contributed by atoms with Gasteiger partial charge in [-0.3, -0.25) is 9.48 Å². The molecule has 0 atom stereocenters. The van der Waals surface area contributed by atoms with E-state index in [4.69, 9.17) is 11.6 Å². The molecule has 1 aromatic carbocycles. The fourth-order valence-electron chi connectivity index (χ4n) is 1.34. The topological polar surface area (TPSA) is 34.9 Å². The first-order valence-corrected chi connectivity index (χ1v) is 4.94. The van der Waals surface area contributed by atoms with Crippen LogP contribution in [0.2, 0.25) is 5.02 Å². The molecule has 0 N–H and O–H groups in total. The van der Waals surface area contributed by atoms with Crippen LogP contribution in [0.25, 0.3) is 0 Å². The summed E-state index contributed by atoms with van der Waals surface area (Å²) in [6, 6.07) is 3.88. The van der Waals surface area contributed by atoms with Gasteiger partial charge in [0.15, 0.2) is 5.78 Å². The van der Waals surface area contributed by atoms with Crippen LogP contribution in [0.15, 0.2) is 30.6 Å². The molecular formula is C11H8ClFN2O. The van der Waals surface area contributed by atoms with E-state index in [0.29, 0.717) is 11.1 Å². The second-order valence-electron chi connectivity index (χ2n) is 3.36. The Morgan fingerprint density at radius 2 is 2.19 bits per heavy atom. The van der Waals surface area contributed by atoms with Crippen LogP contribution in [-0.2, 0) is 7.05 Å². The molecule has 1 aromatic heterocycles. The second-order valence-corrected chi connectivity index (χ2v) is 3.77. The lowest BCUT2D eigenvalue weighted by atomic mass is 10.1. The van der Waals surface area contributed by atoms with Crippen molar-refractivity contribution in [2.75, 3.05) is 0 Å². The van der Waals surface area contributed by atoms with Gasteiger partial charge in [0.25, 0.3) is 0 Å². The Morgan fingerprint density at radius 3 is 2.75 bits per heavy atom. The first kappa shape index (κ1) is 10.8. The third kappa shape index (κ3) is 1.97. The highest BCUT2D eigenvalue weighted by atomic mass is 35.5. The molecule has 0 aliphatic carbocycles. The summed E-state index contributed by atoms with van der Waals surface area (Å²) < 4.78 is 14.4.